The van der Waals surface area contributed by atoms with Crippen molar-refractivity contribution in [3.63, 3.8) is 0 Å². The Morgan fingerprint density at radius 2 is 2.45 bits per heavy atom. The third-order valence-corrected chi connectivity index (χ3v) is 1.61. The molecule has 1 aliphatic heterocycles. The highest BCUT2D eigenvalue weighted by Crippen LogP contribution is 2.09. The Morgan fingerprint density at radius 1 is 1.82 bits per heavy atom. The van der Waals surface area contributed by atoms with Crippen LogP contribution in [0.25, 0.3) is 0 Å². The maximum Gasteiger partial charge on any atom is 0.225 e. The van der Waals surface area contributed by atoms with E-state index >= 15 is 0 Å². The molecular weight excluding hydrogens is 146 g/mol. The summed E-state index contributed by atoms with van der Waals surface area (Å²) >= 11 is 0. The highest BCUT2D eigenvalue weighted by atomic mass is 16.3. The van der Waals surface area contributed by atoms with Crippen LogP contribution >= 0.6 is 0 Å². The lowest BCUT2D eigenvalue weighted by Gasteiger charge is -2.12. The van der Waals surface area contributed by atoms with Crippen LogP contribution in [0.1, 0.15) is 13.3 Å². The zero-order valence-corrected chi connectivity index (χ0v) is 6.41. The van der Waals surface area contributed by atoms with Crippen molar-refractivity contribution < 1.29 is 14.7 Å². The van der Waals surface area contributed by atoms with Crippen LogP contribution in [0.3, 0.4) is 0 Å². The Labute approximate surface area is 64.8 Å². The quantitative estimate of drug-likeness (QED) is 0.569. The molecule has 1 N–H and O–H groups in total. The summed E-state index contributed by atoms with van der Waals surface area (Å²) in [6.45, 7) is 1.87. The maximum atomic E-state index is 10.9. The fourth-order valence-corrected chi connectivity index (χ4v) is 1.17. The van der Waals surface area contributed by atoms with Gasteiger partial charge in [-0.2, -0.15) is 0 Å². The molecule has 0 bridgehead atoms. The number of rotatable bonds is 2. The smallest absolute Gasteiger partial charge is 0.225 e. The first-order chi connectivity index (χ1) is 5.09. The number of likely N-dealkylation sites (tertiary alicyclic amines) is 1. The minimum atomic E-state index is -0.582. The molecule has 0 aromatic carbocycles. The zero-order chi connectivity index (χ0) is 8.43. The number of β-amino-alcohol motifs (C(OH)–C–C–N with tert-alkyl or cyclic N) is 1. The molecule has 0 spiro atoms. The Bertz CT molecular complexity index is 190. The number of carbonyl (C=O) groups excluding carboxylic acids is 2. The van der Waals surface area contributed by atoms with Gasteiger partial charge in [0.2, 0.25) is 5.91 Å². The third kappa shape index (κ3) is 2.01. The molecular formula is C7H11NO3. The second-order valence-corrected chi connectivity index (χ2v) is 2.83. The van der Waals surface area contributed by atoms with Crippen molar-refractivity contribution in [1.29, 1.82) is 0 Å². The van der Waals surface area contributed by atoms with E-state index in [1.54, 1.807) is 0 Å². The van der Waals surface area contributed by atoms with E-state index in [0.717, 1.165) is 0 Å². The molecule has 1 heterocycles. The van der Waals surface area contributed by atoms with Crippen LogP contribution in [0.4, 0.5) is 0 Å². The molecule has 11 heavy (non-hydrogen) atoms. The lowest BCUT2D eigenvalue weighted by Crippen LogP contribution is -2.30. The molecule has 1 aliphatic rings. The van der Waals surface area contributed by atoms with E-state index in [-0.39, 0.29) is 24.7 Å². The van der Waals surface area contributed by atoms with Gasteiger partial charge in [0, 0.05) is 6.54 Å². The normalized spacial score (nSPS) is 24.4. The van der Waals surface area contributed by atoms with Crippen LogP contribution < -0.4 is 0 Å². The van der Waals surface area contributed by atoms with Crippen LogP contribution in [-0.2, 0) is 9.59 Å². The highest BCUT2D eigenvalue weighted by molar-refractivity contribution is 5.86. The molecule has 4 nitrogen and oxygen atoms in total. The maximum absolute atomic E-state index is 10.9. The van der Waals surface area contributed by atoms with Gasteiger partial charge in [-0.1, -0.05) is 0 Å². The van der Waals surface area contributed by atoms with E-state index in [1.165, 1.54) is 11.8 Å². The number of amides is 1. The van der Waals surface area contributed by atoms with Gasteiger partial charge in [-0.25, -0.2) is 0 Å². The molecule has 1 saturated heterocycles. The number of hydrogen-bond donors (Lipinski definition) is 1. The SMILES string of the molecule is CC(=O)CN1CC(O)CC1=O. The number of aliphatic hydroxyl groups excluding tert-OH is 1. The Balaban J connectivity index is 2.47. The van der Waals surface area contributed by atoms with Gasteiger partial charge in [-0.05, 0) is 6.92 Å². The first kappa shape index (κ1) is 8.20. The summed E-state index contributed by atoms with van der Waals surface area (Å²) in [5.74, 6) is -0.180. The summed E-state index contributed by atoms with van der Waals surface area (Å²) in [5, 5.41) is 9.01. The van der Waals surface area contributed by atoms with Crippen LogP contribution in [-0.4, -0.2) is 40.9 Å². The van der Waals surface area contributed by atoms with Crippen molar-refractivity contribution in [2.24, 2.45) is 0 Å². The summed E-state index contributed by atoms with van der Waals surface area (Å²) in [7, 11) is 0. The first-order valence-corrected chi connectivity index (χ1v) is 3.55. The van der Waals surface area contributed by atoms with Gasteiger partial charge >= 0.3 is 0 Å². The molecule has 0 saturated carbocycles. The predicted molar refractivity (Wildman–Crippen MR) is 37.9 cm³/mol. The number of hydrogen-bond acceptors (Lipinski definition) is 3. The molecule has 0 aromatic rings. The number of carbonyl (C=O) groups is 2. The van der Waals surface area contributed by atoms with Gasteiger partial charge in [0.25, 0.3) is 0 Å². The van der Waals surface area contributed by atoms with Crippen molar-refractivity contribution in [1.82, 2.24) is 4.90 Å². The zero-order valence-electron chi connectivity index (χ0n) is 6.41. The number of aliphatic hydroxyl groups is 1. The molecule has 4 heteroatoms. The van der Waals surface area contributed by atoms with Crippen LogP contribution in [0.2, 0.25) is 0 Å². The molecule has 62 valence electrons. The number of nitrogens with zero attached hydrogens (tertiary/aromatic N) is 1. The summed E-state index contributed by atoms with van der Waals surface area (Å²) in [5.41, 5.74) is 0. The van der Waals surface area contributed by atoms with E-state index in [0.29, 0.717) is 6.54 Å². The molecule has 1 fully saturated rings. The first-order valence-electron chi connectivity index (χ1n) is 3.55. The molecule has 1 amide bonds. The summed E-state index contributed by atoms with van der Waals surface area (Å²) < 4.78 is 0. The Morgan fingerprint density at radius 3 is 2.82 bits per heavy atom. The number of Topliss-reactive ketones (excluding diaryl/α,β-unsaturated/α-hetero) is 1. The minimum absolute atomic E-state index is 0.0487. The second kappa shape index (κ2) is 3.00. The van der Waals surface area contributed by atoms with Gasteiger partial charge < -0.3 is 10.0 Å². The van der Waals surface area contributed by atoms with Gasteiger partial charge in [0.05, 0.1) is 19.1 Å². The fraction of sp³-hybridized carbons (Fsp3) is 0.714. The lowest BCUT2D eigenvalue weighted by atomic mass is 10.3. The molecule has 0 aliphatic carbocycles. The average molecular weight is 157 g/mol. The summed E-state index contributed by atoms with van der Waals surface area (Å²) in [6.07, 6.45) is -0.422. The van der Waals surface area contributed by atoms with Gasteiger partial charge in [0.1, 0.15) is 5.78 Å². The van der Waals surface area contributed by atoms with E-state index in [2.05, 4.69) is 0 Å². The summed E-state index contributed by atoms with van der Waals surface area (Å²) in [6, 6.07) is 0. The van der Waals surface area contributed by atoms with Crippen molar-refractivity contribution in [2.45, 2.75) is 19.4 Å². The summed E-state index contributed by atoms with van der Waals surface area (Å²) in [4.78, 5) is 22.9. The van der Waals surface area contributed by atoms with Gasteiger partial charge in [0.15, 0.2) is 0 Å². The van der Waals surface area contributed by atoms with E-state index in [9.17, 15) is 9.59 Å². The van der Waals surface area contributed by atoms with E-state index in [1.807, 2.05) is 0 Å². The molecule has 0 aromatic heterocycles. The largest absolute Gasteiger partial charge is 0.391 e. The van der Waals surface area contributed by atoms with Crippen molar-refractivity contribution >= 4 is 11.7 Å². The molecule has 1 atom stereocenters. The van der Waals surface area contributed by atoms with E-state index < -0.39 is 6.10 Å². The second-order valence-electron chi connectivity index (χ2n) is 2.83. The minimum Gasteiger partial charge on any atom is -0.391 e. The van der Waals surface area contributed by atoms with Crippen molar-refractivity contribution in [3.05, 3.63) is 0 Å². The predicted octanol–water partition coefficient (Wildman–Crippen LogP) is -0.831. The molecule has 0 radical (unpaired) electrons. The average Bonchev–Trinajstić information content (AvgIpc) is 2.09. The van der Waals surface area contributed by atoms with Gasteiger partial charge in [-0.3, -0.25) is 9.59 Å². The monoisotopic (exact) mass is 157 g/mol. The lowest BCUT2D eigenvalue weighted by molar-refractivity contribution is -0.131. The Kier molecular flexibility index (Phi) is 2.24. The van der Waals surface area contributed by atoms with Gasteiger partial charge in [-0.15, -0.1) is 0 Å². The molecule has 1 rings (SSSR count). The van der Waals surface area contributed by atoms with Crippen LogP contribution in [0.15, 0.2) is 0 Å². The highest BCUT2D eigenvalue weighted by Gasteiger charge is 2.28. The molecule has 1 unspecified atom stereocenters. The standard InChI is InChI=1S/C7H11NO3/c1-5(9)3-8-4-6(10)2-7(8)11/h6,10H,2-4H2,1H3. The van der Waals surface area contributed by atoms with Crippen LogP contribution in [0.5, 0.6) is 0 Å². The topological polar surface area (TPSA) is 57.6 Å². The van der Waals surface area contributed by atoms with Crippen molar-refractivity contribution in [3.8, 4) is 0 Å². The van der Waals surface area contributed by atoms with Crippen molar-refractivity contribution in [2.75, 3.05) is 13.1 Å². The third-order valence-electron chi connectivity index (χ3n) is 1.61. The van der Waals surface area contributed by atoms with Crippen LogP contribution in [0, 0.1) is 0 Å². The fourth-order valence-electron chi connectivity index (χ4n) is 1.17. The Hall–Kier alpha value is -0.900. The van der Waals surface area contributed by atoms with E-state index in [4.69, 9.17) is 5.11 Å². The number of ketones is 1.